The third kappa shape index (κ3) is 6.66. The molecule has 7 rings (SSSR count). The minimum atomic E-state index is -1.81. The van der Waals surface area contributed by atoms with Gasteiger partial charge in [0.05, 0.1) is 13.2 Å². The largest absolute Gasteiger partial charge is 0.368 e. The lowest BCUT2D eigenvalue weighted by Gasteiger charge is -2.36. The first-order valence-corrected chi connectivity index (χ1v) is 19.2. The zero-order valence-corrected chi connectivity index (χ0v) is 30.3. The van der Waals surface area contributed by atoms with Crippen molar-refractivity contribution in [2.24, 2.45) is 0 Å². The molecule has 0 bridgehead atoms. The summed E-state index contributed by atoms with van der Waals surface area (Å²) in [5, 5.41) is 2.39. The zero-order valence-electron chi connectivity index (χ0n) is 29.2. The van der Waals surface area contributed by atoms with Crippen molar-refractivity contribution in [2.75, 3.05) is 13.2 Å². The smallest absolute Gasteiger partial charge is 0.164 e. The molecule has 1 heterocycles. The van der Waals surface area contributed by atoms with Crippen molar-refractivity contribution in [1.29, 1.82) is 0 Å². The highest BCUT2D eigenvalue weighted by atomic mass is 28.3. The van der Waals surface area contributed by atoms with Gasteiger partial charge in [-0.15, -0.1) is 0 Å². The van der Waals surface area contributed by atoms with Gasteiger partial charge in [-0.05, 0) is 35.6 Å². The molecule has 0 radical (unpaired) electrons. The molecule has 1 aliphatic carbocycles. The molecule has 0 saturated carbocycles. The summed E-state index contributed by atoms with van der Waals surface area (Å²) in [6.45, 7) is 8.57. The van der Waals surface area contributed by atoms with Gasteiger partial charge >= 0.3 is 0 Å². The van der Waals surface area contributed by atoms with E-state index in [1.165, 1.54) is 10.4 Å². The summed E-state index contributed by atoms with van der Waals surface area (Å²) < 4.78 is 43.5. The SMILES string of the molecule is CC1(C)O[C@@H]2[C@H](O1)C(COC(c1ccccc1)(c1ccccc1)c1ccccc1)=C(F)[C@@H]2OCC(C)(C)[SiH](c1ccccc1)c1ccccc1. The second kappa shape index (κ2) is 14.2. The van der Waals surface area contributed by atoms with E-state index >= 15 is 4.39 Å². The van der Waals surface area contributed by atoms with Gasteiger partial charge in [0.15, 0.2) is 5.79 Å². The summed E-state index contributed by atoms with van der Waals surface area (Å²) in [7, 11) is -1.81. The lowest BCUT2D eigenvalue weighted by Crippen LogP contribution is -2.52. The molecule has 0 amide bonds. The molecule has 0 N–H and O–H groups in total. The van der Waals surface area contributed by atoms with Gasteiger partial charge in [0.25, 0.3) is 0 Å². The van der Waals surface area contributed by atoms with Gasteiger partial charge in [-0.1, -0.05) is 176 Å². The highest BCUT2D eigenvalue weighted by Crippen LogP contribution is 2.47. The fraction of sp³-hybridized carbons (Fsp3) is 0.273. The van der Waals surface area contributed by atoms with Crippen molar-refractivity contribution in [2.45, 2.75) is 62.4 Å². The van der Waals surface area contributed by atoms with E-state index in [1.807, 2.05) is 80.6 Å². The number of fused-ring (bicyclic) bond motifs is 1. The van der Waals surface area contributed by atoms with E-state index in [4.69, 9.17) is 18.9 Å². The molecule has 1 saturated heterocycles. The van der Waals surface area contributed by atoms with Gasteiger partial charge in [0.1, 0.15) is 38.5 Å². The number of benzene rings is 5. The van der Waals surface area contributed by atoms with E-state index < -0.39 is 38.5 Å². The van der Waals surface area contributed by atoms with Gasteiger partial charge in [0, 0.05) is 5.57 Å². The predicted octanol–water partition coefficient (Wildman–Crippen LogP) is 7.96. The third-order valence-electron chi connectivity index (χ3n) is 9.99. The van der Waals surface area contributed by atoms with Crippen LogP contribution in [0.15, 0.2) is 163 Å². The van der Waals surface area contributed by atoms with Crippen LogP contribution in [0.4, 0.5) is 4.39 Å². The van der Waals surface area contributed by atoms with Crippen LogP contribution in [-0.2, 0) is 24.5 Å². The first-order valence-electron chi connectivity index (χ1n) is 17.5. The van der Waals surface area contributed by atoms with Gasteiger partial charge in [-0.3, -0.25) is 0 Å². The van der Waals surface area contributed by atoms with Crippen LogP contribution in [0.5, 0.6) is 0 Å². The molecule has 0 aromatic heterocycles. The number of rotatable bonds is 12. The van der Waals surface area contributed by atoms with Crippen LogP contribution in [-0.4, -0.2) is 46.1 Å². The van der Waals surface area contributed by atoms with E-state index in [0.717, 1.165) is 16.7 Å². The molecular weight excluding hydrogens is 640 g/mol. The van der Waals surface area contributed by atoms with Crippen molar-refractivity contribution in [3.05, 3.63) is 180 Å². The molecule has 1 fully saturated rings. The topological polar surface area (TPSA) is 36.9 Å². The molecule has 0 spiro atoms. The van der Waals surface area contributed by atoms with E-state index in [9.17, 15) is 0 Å². The Hall–Kier alpha value is -4.17. The Morgan fingerprint density at radius 1 is 0.640 bits per heavy atom. The highest BCUT2D eigenvalue weighted by molar-refractivity contribution is 6.87. The second-order valence-electron chi connectivity index (χ2n) is 14.4. The van der Waals surface area contributed by atoms with Crippen molar-refractivity contribution in [3.63, 3.8) is 0 Å². The van der Waals surface area contributed by atoms with E-state index in [0.29, 0.717) is 12.2 Å². The molecule has 2 aliphatic rings. The Morgan fingerprint density at radius 2 is 1.06 bits per heavy atom. The van der Waals surface area contributed by atoms with Crippen LogP contribution in [0.3, 0.4) is 0 Å². The number of ether oxygens (including phenoxy) is 4. The van der Waals surface area contributed by atoms with Crippen LogP contribution in [0.25, 0.3) is 0 Å². The molecule has 4 nitrogen and oxygen atoms in total. The zero-order chi connectivity index (χ0) is 34.8. The van der Waals surface area contributed by atoms with Crippen LogP contribution in [0.2, 0.25) is 5.04 Å². The maximum atomic E-state index is 17.0. The molecule has 1 aliphatic heterocycles. The summed E-state index contributed by atoms with van der Waals surface area (Å²) in [5.41, 5.74) is 2.26. The van der Waals surface area contributed by atoms with E-state index in [-0.39, 0.29) is 17.5 Å². The number of hydrogen-bond donors (Lipinski definition) is 0. The molecular formula is C44H45FO4Si. The maximum Gasteiger partial charge on any atom is 0.164 e. The molecule has 6 heteroatoms. The summed E-state index contributed by atoms with van der Waals surface area (Å²) in [5.74, 6) is -1.27. The lowest BCUT2D eigenvalue weighted by molar-refractivity contribution is -0.160. The fourth-order valence-electron chi connectivity index (χ4n) is 7.79. The average molecular weight is 685 g/mol. The van der Waals surface area contributed by atoms with Gasteiger partial charge in [0.2, 0.25) is 0 Å². The lowest BCUT2D eigenvalue weighted by atomic mass is 9.80. The molecule has 5 aromatic carbocycles. The Morgan fingerprint density at radius 3 is 1.50 bits per heavy atom. The summed E-state index contributed by atoms with van der Waals surface area (Å²) >= 11 is 0. The first kappa shape index (κ1) is 34.3. The van der Waals surface area contributed by atoms with Crippen molar-refractivity contribution < 1.29 is 23.3 Å². The molecule has 256 valence electrons. The first-order chi connectivity index (χ1) is 24.2. The van der Waals surface area contributed by atoms with Crippen LogP contribution in [0, 0.1) is 0 Å². The standard InChI is InChI=1S/C44H45FO4Si/c1-42(2,50(35-26-16-8-17-27-35)36-28-18-9-19-29-36)31-46-40-38(45)37(39-41(40)49-43(3,4)48-39)30-47-44(32-20-10-5-11-21-32,33-22-12-6-13-23-33)34-24-14-7-15-25-34/h5-29,39-41,50H,30-31H2,1-4H3/t39-,40+,41-/m1/s1. The van der Waals surface area contributed by atoms with E-state index in [2.05, 4.69) is 98.8 Å². The Kier molecular flexibility index (Phi) is 9.75. The van der Waals surface area contributed by atoms with Gasteiger partial charge in [-0.2, -0.15) is 0 Å². The van der Waals surface area contributed by atoms with Crippen LogP contribution in [0.1, 0.15) is 44.4 Å². The highest BCUT2D eigenvalue weighted by Gasteiger charge is 2.55. The summed E-state index contributed by atoms with van der Waals surface area (Å²) in [4.78, 5) is 0. The van der Waals surface area contributed by atoms with Gasteiger partial charge < -0.3 is 18.9 Å². The molecule has 3 atom stereocenters. The molecule has 0 unspecified atom stereocenters. The average Bonchev–Trinajstić information content (AvgIpc) is 3.58. The van der Waals surface area contributed by atoms with Crippen LogP contribution >= 0.6 is 0 Å². The number of hydrogen-bond acceptors (Lipinski definition) is 4. The minimum Gasteiger partial charge on any atom is -0.368 e. The molecule has 50 heavy (non-hydrogen) atoms. The van der Waals surface area contributed by atoms with E-state index in [1.54, 1.807) is 0 Å². The maximum absolute atomic E-state index is 17.0. The minimum absolute atomic E-state index is 0.0141. The van der Waals surface area contributed by atoms with Crippen molar-refractivity contribution in [1.82, 2.24) is 0 Å². The predicted molar refractivity (Wildman–Crippen MR) is 200 cm³/mol. The monoisotopic (exact) mass is 684 g/mol. The van der Waals surface area contributed by atoms with Gasteiger partial charge in [-0.25, -0.2) is 4.39 Å². The second-order valence-corrected chi connectivity index (χ2v) is 18.2. The third-order valence-corrected chi connectivity index (χ3v) is 13.8. The quantitative estimate of drug-likeness (QED) is 0.0988. The number of halogens is 1. The summed E-state index contributed by atoms with van der Waals surface area (Å²) in [6, 6.07) is 51.7. The Labute approximate surface area is 297 Å². The Bertz CT molecular complexity index is 1750. The van der Waals surface area contributed by atoms with Crippen molar-refractivity contribution >= 4 is 19.2 Å². The van der Waals surface area contributed by atoms with Crippen LogP contribution < -0.4 is 10.4 Å². The fourth-order valence-corrected chi connectivity index (χ4v) is 11.5. The Balaban J connectivity index is 1.23. The van der Waals surface area contributed by atoms with Crippen molar-refractivity contribution in [3.8, 4) is 0 Å². The molecule has 5 aromatic rings. The normalized spacial score (nSPS) is 20.3. The summed E-state index contributed by atoms with van der Waals surface area (Å²) in [6.07, 6.45) is -2.19.